The number of nitrogens with zero attached hydrogens (tertiary/aromatic N) is 2. The summed E-state index contributed by atoms with van der Waals surface area (Å²) in [4.78, 5) is 40.7. The number of amides is 3. The highest BCUT2D eigenvalue weighted by Gasteiger charge is 2.37. The van der Waals surface area contributed by atoms with Crippen LogP contribution < -0.4 is 25.7 Å². The Hall–Kier alpha value is -3.20. The first kappa shape index (κ1) is 25.9. The Labute approximate surface area is 215 Å². The number of rotatable bonds is 7. The highest BCUT2D eigenvalue weighted by molar-refractivity contribution is 6.32. The van der Waals surface area contributed by atoms with E-state index >= 15 is 0 Å². The fourth-order valence-electron chi connectivity index (χ4n) is 5.18. The lowest BCUT2D eigenvalue weighted by Crippen LogP contribution is -2.55. The Morgan fingerprint density at radius 3 is 2.56 bits per heavy atom. The summed E-state index contributed by atoms with van der Waals surface area (Å²) in [5, 5.41) is 6.13. The van der Waals surface area contributed by atoms with Crippen LogP contribution in [0.4, 0.5) is 10.5 Å². The minimum atomic E-state index is -0.750. The average Bonchev–Trinajstić information content (AvgIpc) is 2.84. The molecule has 2 bridgehead atoms. The van der Waals surface area contributed by atoms with E-state index in [1.807, 2.05) is 24.5 Å². The van der Waals surface area contributed by atoms with E-state index in [0.29, 0.717) is 48.3 Å². The highest BCUT2D eigenvalue weighted by atomic mass is 35.5. The topological polar surface area (TPSA) is 102 Å². The maximum Gasteiger partial charge on any atom is 0.318 e. The van der Waals surface area contributed by atoms with Crippen LogP contribution in [0, 0.1) is 11.8 Å². The van der Waals surface area contributed by atoms with Gasteiger partial charge < -0.3 is 29.6 Å². The lowest BCUT2D eigenvalue weighted by atomic mass is 9.83. The number of hydrogen-bond donors (Lipinski definition) is 2. The summed E-state index contributed by atoms with van der Waals surface area (Å²) >= 11 is 6.25. The second-order valence-electron chi connectivity index (χ2n) is 9.91. The first-order chi connectivity index (χ1) is 17.2. The van der Waals surface area contributed by atoms with E-state index in [1.165, 1.54) is 14.2 Å². The van der Waals surface area contributed by atoms with Crippen LogP contribution in [0.2, 0.25) is 5.02 Å². The number of benzene rings is 1. The molecule has 0 radical (unpaired) electrons. The third-order valence-electron chi connectivity index (χ3n) is 6.82. The van der Waals surface area contributed by atoms with Gasteiger partial charge in [0.15, 0.2) is 0 Å². The monoisotopic (exact) mass is 516 g/mol. The van der Waals surface area contributed by atoms with Gasteiger partial charge in [0.25, 0.3) is 5.56 Å². The molecule has 10 heteroatoms. The van der Waals surface area contributed by atoms with E-state index in [-0.39, 0.29) is 35.3 Å². The summed E-state index contributed by atoms with van der Waals surface area (Å²) in [5.74, 6) is 0.938. The molecule has 1 aromatic carbocycles. The van der Waals surface area contributed by atoms with Gasteiger partial charge >= 0.3 is 6.03 Å². The van der Waals surface area contributed by atoms with E-state index in [0.717, 1.165) is 12.1 Å². The van der Waals surface area contributed by atoms with Crippen molar-refractivity contribution in [3.05, 3.63) is 51.4 Å². The van der Waals surface area contributed by atoms with Gasteiger partial charge in [-0.1, -0.05) is 31.5 Å². The number of methoxy groups -OCH3 is 2. The third-order valence-corrected chi connectivity index (χ3v) is 7.12. The Bertz CT molecular complexity index is 1200. The quantitative estimate of drug-likeness (QED) is 0.584. The van der Waals surface area contributed by atoms with Gasteiger partial charge in [0.2, 0.25) is 5.91 Å². The number of carbonyl (C=O) groups excluding carboxylic acids is 2. The Morgan fingerprint density at radius 2 is 1.86 bits per heavy atom. The molecule has 0 unspecified atom stereocenters. The molecule has 1 aromatic heterocycles. The number of anilines is 1. The molecular formula is C26H33ClN4O5. The molecule has 4 rings (SSSR count). The molecule has 194 valence electrons. The van der Waals surface area contributed by atoms with Crippen molar-refractivity contribution in [3.63, 3.8) is 0 Å². The number of urea groups is 1. The van der Waals surface area contributed by atoms with Gasteiger partial charge in [-0.05, 0) is 36.8 Å². The molecule has 0 spiro atoms. The molecule has 2 aliphatic heterocycles. The van der Waals surface area contributed by atoms with Crippen molar-refractivity contribution in [1.82, 2.24) is 14.8 Å². The SMILES string of the molecule is COc1cc(OC)c(NC(=O)[C@H](CC(C)C)NC(=O)N2C[C@@H]3C[C@H](C2)c2cccc(=O)n2C3)cc1Cl. The second kappa shape index (κ2) is 10.8. The zero-order chi connectivity index (χ0) is 26.0. The van der Waals surface area contributed by atoms with Gasteiger partial charge in [0.05, 0.1) is 24.9 Å². The van der Waals surface area contributed by atoms with E-state index in [9.17, 15) is 14.4 Å². The van der Waals surface area contributed by atoms with Crippen LogP contribution in [0.25, 0.3) is 0 Å². The molecule has 2 N–H and O–H groups in total. The number of carbonyl (C=O) groups is 2. The normalized spacial score (nSPS) is 19.3. The van der Waals surface area contributed by atoms with Gasteiger partial charge in [0.1, 0.15) is 17.5 Å². The summed E-state index contributed by atoms with van der Waals surface area (Å²) in [6, 6.07) is 7.45. The zero-order valence-corrected chi connectivity index (χ0v) is 21.8. The Balaban J connectivity index is 1.48. The molecule has 1 fully saturated rings. The maximum absolute atomic E-state index is 13.3. The smallest absolute Gasteiger partial charge is 0.318 e. The minimum Gasteiger partial charge on any atom is -0.495 e. The summed E-state index contributed by atoms with van der Waals surface area (Å²) in [6.45, 7) is 5.64. The first-order valence-corrected chi connectivity index (χ1v) is 12.6. The molecule has 2 aliphatic rings. The van der Waals surface area contributed by atoms with Gasteiger partial charge in [-0.15, -0.1) is 0 Å². The second-order valence-corrected chi connectivity index (χ2v) is 10.3. The minimum absolute atomic E-state index is 0.00262. The maximum atomic E-state index is 13.3. The van der Waals surface area contributed by atoms with Crippen molar-refractivity contribution in [2.75, 3.05) is 32.6 Å². The zero-order valence-electron chi connectivity index (χ0n) is 21.0. The van der Waals surface area contributed by atoms with Crippen LogP contribution >= 0.6 is 11.6 Å². The molecule has 36 heavy (non-hydrogen) atoms. The van der Waals surface area contributed by atoms with Crippen molar-refractivity contribution in [2.45, 2.75) is 45.2 Å². The predicted molar refractivity (Wildman–Crippen MR) is 138 cm³/mol. The van der Waals surface area contributed by atoms with Crippen LogP contribution in [0.3, 0.4) is 0 Å². The summed E-state index contributed by atoms with van der Waals surface area (Å²) < 4.78 is 12.4. The molecular weight excluding hydrogens is 484 g/mol. The molecule has 3 amide bonds. The van der Waals surface area contributed by atoms with Crippen molar-refractivity contribution >= 4 is 29.2 Å². The standard InChI is InChI=1S/C26H33ClN4O5/c1-15(2)8-20(25(33)28-19-10-18(27)22(35-3)11-23(19)36-4)29-26(34)30-12-16-9-17(14-30)21-6-5-7-24(32)31(21)13-16/h5-7,10-11,15-17,20H,8-9,12-14H2,1-4H3,(H,28,33)(H,29,34)/t16-,17+,20-/m0/s1. The largest absolute Gasteiger partial charge is 0.495 e. The van der Waals surface area contributed by atoms with Crippen molar-refractivity contribution in [3.8, 4) is 11.5 Å². The van der Waals surface area contributed by atoms with Gasteiger partial charge in [-0.2, -0.15) is 0 Å². The molecule has 0 saturated carbocycles. The number of likely N-dealkylation sites (tertiary alicyclic amines) is 1. The van der Waals surface area contributed by atoms with Gasteiger partial charge in [-0.3, -0.25) is 9.59 Å². The first-order valence-electron chi connectivity index (χ1n) is 12.2. The van der Waals surface area contributed by atoms with E-state index < -0.39 is 6.04 Å². The van der Waals surface area contributed by atoms with Crippen molar-refractivity contribution in [2.24, 2.45) is 11.8 Å². The number of halogens is 1. The number of aromatic nitrogens is 1. The Morgan fingerprint density at radius 1 is 1.11 bits per heavy atom. The number of nitrogens with one attached hydrogen (secondary N) is 2. The Kier molecular flexibility index (Phi) is 7.78. The fourth-order valence-corrected chi connectivity index (χ4v) is 5.42. The van der Waals surface area contributed by atoms with Crippen molar-refractivity contribution in [1.29, 1.82) is 0 Å². The fraction of sp³-hybridized carbons (Fsp3) is 0.500. The molecule has 3 atom stereocenters. The van der Waals surface area contributed by atoms with Gasteiger partial charge in [0, 0.05) is 43.4 Å². The van der Waals surface area contributed by atoms with Crippen LogP contribution in [0.15, 0.2) is 35.1 Å². The van der Waals surface area contributed by atoms with E-state index in [4.69, 9.17) is 21.1 Å². The number of pyridine rings is 1. The highest BCUT2D eigenvalue weighted by Crippen LogP contribution is 2.37. The van der Waals surface area contributed by atoms with Gasteiger partial charge in [-0.25, -0.2) is 4.79 Å². The summed E-state index contributed by atoms with van der Waals surface area (Å²) in [7, 11) is 2.99. The van der Waals surface area contributed by atoms with Crippen molar-refractivity contribution < 1.29 is 19.1 Å². The van der Waals surface area contributed by atoms with Crippen LogP contribution in [-0.2, 0) is 11.3 Å². The predicted octanol–water partition coefficient (Wildman–Crippen LogP) is 3.70. The van der Waals surface area contributed by atoms with E-state index in [2.05, 4.69) is 10.6 Å². The number of piperidine rings is 1. The van der Waals surface area contributed by atoms with Crippen LogP contribution in [0.5, 0.6) is 11.5 Å². The lowest BCUT2D eigenvalue weighted by Gasteiger charge is -2.43. The number of ether oxygens (including phenoxy) is 2. The molecule has 0 aliphatic carbocycles. The molecule has 9 nitrogen and oxygen atoms in total. The third kappa shape index (κ3) is 5.46. The summed E-state index contributed by atoms with van der Waals surface area (Å²) in [5.41, 5.74) is 1.37. The molecule has 1 saturated heterocycles. The average molecular weight is 517 g/mol. The number of fused-ring (bicyclic) bond motifs is 4. The van der Waals surface area contributed by atoms with Crippen LogP contribution in [0.1, 0.15) is 38.3 Å². The molecule has 3 heterocycles. The summed E-state index contributed by atoms with van der Waals surface area (Å²) in [6.07, 6.45) is 1.41. The lowest BCUT2D eigenvalue weighted by molar-refractivity contribution is -0.118. The number of hydrogen-bond acceptors (Lipinski definition) is 5. The van der Waals surface area contributed by atoms with E-state index in [1.54, 1.807) is 29.2 Å². The molecule has 2 aromatic rings. The van der Waals surface area contributed by atoms with Crippen LogP contribution in [-0.4, -0.2) is 54.8 Å².